The summed E-state index contributed by atoms with van der Waals surface area (Å²) in [4.78, 5) is 34.1. The smallest absolute Gasteiger partial charge is 0.303 e. The van der Waals surface area contributed by atoms with Gasteiger partial charge in [-0.1, -0.05) is 0 Å². The number of rotatable bonds is 9. The van der Waals surface area contributed by atoms with E-state index in [1.807, 2.05) is 32.0 Å². The summed E-state index contributed by atoms with van der Waals surface area (Å²) in [6.07, 6.45) is 4.59. The van der Waals surface area contributed by atoms with Gasteiger partial charge in [0, 0.05) is 53.6 Å². The van der Waals surface area contributed by atoms with Crippen molar-refractivity contribution in [3.05, 3.63) is 35.9 Å². The number of carbonyl (C=O) groups is 2. The Kier molecular flexibility index (Phi) is 6.69. The van der Waals surface area contributed by atoms with Crippen molar-refractivity contribution in [2.24, 2.45) is 11.8 Å². The fraction of sp³-hybridized carbons (Fsp3) is 0.500. The van der Waals surface area contributed by atoms with Gasteiger partial charge in [-0.3, -0.25) is 14.5 Å². The summed E-state index contributed by atoms with van der Waals surface area (Å²) in [5.74, 6) is 0.388. The van der Waals surface area contributed by atoms with E-state index in [0.717, 1.165) is 72.8 Å². The molecular weight excluding hydrogens is 408 g/mol. The number of aliphatic carboxylic acids is 1. The maximum absolute atomic E-state index is 12.2. The number of aryl methyl sites for hydroxylation is 2. The van der Waals surface area contributed by atoms with Crippen LogP contribution in [0.1, 0.15) is 37.1 Å². The monoisotopic (exact) mass is 438 g/mol. The van der Waals surface area contributed by atoms with Gasteiger partial charge in [0.15, 0.2) is 0 Å². The predicted molar refractivity (Wildman–Crippen MR) is 121 cm³/mol. The maximum Gasteiger partial charge on any atom is 0.303 e. The first-order chi connectivity index (χ1) is 15.4. The van der Waals surface area contributed by atoms with Gasteiger partial charge in [-0.2, -0.15) is 0 Å². The third-order valence-electron chi connectivity index (χ3n) is 6.19. The number of benzene rings is 1. The van der Waals surface area contributed by atoms with Gasteiger partial charge in [0.2, 0.25) is 5.91 Å². The van der Waals surface area contributed by atoms with Crippen LogP contribution in [0.3, 0.4) is 0 Å². The quantitative estimate of drug-likeness (QED) is 0.619. The molecule has 170 valence electrons. The SMILES string of the molecule is Cc1ncnc(C)c1-c1cc(NC(=O)C2CC2)ccc1OCCN1CCC(CC(=O)O)C1. The topological polar surface area (TPSA) is 105 Å². The van der Waals surface area contributed by atoms with Gasteiger partial charge in [-0.15, -0.1) is 0 Å². The zero-order valence-electron chi connectivity index (χ0n) is 18.6. The number of hydrogen-bond donors (Lipinski definition) is 2. The lowest BCUT2D eigenvalue weighted by atomic mass is 10.0. The Morgan fingerprint density at radius 2 is 1.94 bits per heavy atom. The second-order valence-electron chi connectivity index (χ2n) is 8.80. The van der Waals surface area contributed by atoms with E-state index in [0.29, 0.717) is 6.61 Å². The number of nitrogens with one attached hydrogen (secondary N) is 1. The minimum Gasteiger partial charge on any atom is -0.492 e. The Morgan fingerprint density at radius 1 is 1.19 bits per heavy atom. The molecule has 1 aromatic carbocycles. The van der Waals surface area contributed by atoms with Crippen LogP contribution in [0.2, 0.25) is 0 Å². The number of carboxylic acids is 1. The van der Waals surface area contributed by atoms with Gasteiger partial charge in [0.05, 0.1) is 0 Å². The summed E-state index contributed by atoms with van der Waals surface area (Å²) in [5.41, 5.74) is 4.21. The van der Waals surface area contributed by atoms with Gasteiger partial charge in [-0.05, 0) is 63.8 Å². The molecular formula is C24H30N4O4. The molecule has 1 saturated carbocycles. The number of nitrogens with zero attached hydrogens (tertiary/aromatic N) is 3. The molecule has 1 aliphatic heterocycles. The van der Waals surface area contributed by atoms with Gasteiger partial charge >= 0.3 is 5.97 Å². The number of hydrogen-bond acceptors (Lipinski definition) is 6. The molecule has 1 amide bonds. The van der Waals surface area contributed by atoms with E-state index in [4.69, 9.17) is 9.84 Å². The predicted octanol–water partition coefficient (Wildman–Crippen LogP) is 3.28. The van der Waals surface area contributed by atoms with Crippen LogP contribution in [0.5, 0.6) is 5.75 Å². The lowest BCUT2D eigenvalue weighted by Crippen LogP contribution is -2.26. The van der Waals surface area contributed by atoms with Crippen LogP contribution in [0.4, 0.5) is 5.69 Å². The van der Waals surface area contributed by atoms with Crippen molar-refractivity contribution < 1.29 is 19.4 Å². The Morgan fingerprint density at radius 3 is 2.62 bits per heavy atom. The number of aromatic nitrogens is 2. The summed E-state index contributed by atoms with van der Waals surface area (Å²) in [7, 11) is 0. The third kappa shape index (κ3) is 5.43. The van der Waals surface area contributed by atoms with Crippen LogP contribution in [0.25, 0.3) is 11.1 Å². The molecule has 0 bridgehead atoms. The summed E-state index contributed by atoms with van der Waals surface area (Å²) in [5, 5.41) is 12.0. The second-order valence-corrected chi connectivity index (χ2v) is 8.80. The van der Waals surface area contributed by atoms with Gasteiger partial charge < -0.3 is 15.2 Å². The number of likely N-dealkylation sites (tertiary alicyclic amines) is 1. The molecule has 1 atom stereocenters. The standard InChI is InChI=1S/C24H30N4O4/c1-15-23(16(2)26-14-25-15)20-12-19(27-24(31)18-3-4-18)5-6-21(20)32-10-9-28-8-7-17(13-28)11-22(29)30/h5-6,12,14,17-18H,3-4,7-11,13H2,1-2H3,(H,27,31)(H,29,30). The number of ether oxygens (including phenoxy) is 1. The van der Waals surface area contributed by atoms with Crippen LogP contribution < -0.4 is 10.1 Å². The lowest BCUT2D eigenvalue weighted by molar-refractivity contribution is -0.138. The highest BCUT2D eigenvalue weighted by molar-refractivity contribution is 5.95. The average molecular weight is 439 g/mol. The molecule has 1 aliphatic carbocycles. The normalized spacial score (nSPS) is 18.5. The molecule has 2 aromatic rings. The van der Waals surface area contributed by atoms with E-state index in [1.54, 1.807) is 6.33 Å². The highest BCUT2D eigenvalue weighted by atomic mass is 16.5. The Hall–Kier alpha value is -3.00. The molecule has 0 radical (unpaired) electrons. The lowest BCUT2D eigenvalue weighted by Gasteiger charge is -2.19. The van der Waals surface area contributed by atoms with Crippen LogP contribution in [-0.4, -0.2) is 58.1 Å². The van der Waals surface area contributed by atoms with Crippen molar-refractivity contribution in [2.45, 2.75) is 39.5 Å². The van der Waals surface area contributed by atoms with E-state index >= 15 is 0 Å². The number of anilines is 1. The first kappa shape index (κ1) is 22.2. The second kappa shape index (κ2) is 9.65. The molecule has 4 rings (SSSR count). The number of carbonyl (C=O) groups excluding carboxylic acids is 1. The van der Waals surface area contributed by atoms with Crippen LogP contribution in [-0.2, 0) is 9.59 Å². The molecule has 2 aliphatic rings. The average Bonchev–Trinajstić information content (AvgIpc) is 3.50. The molecule has 2 heterocycles. The Balaban J connectivity index is 1.48. The highest BCUT2D eigenvalue weighted by Crippen LogP contribution is 2.37. The fourth-order valence-corrected chi connectivity index (χ4v) is 4.32. The minimum atomic E-state index is -0.734. The molecule has 1 aromatic heterocycles. The molecule has 2 fully saturated rings. The third-order valence-corrected chi connectivity index (χ3v) is 6.19. The zero-order valence-corrected chi connectivity index (χ0v) is 18.6. The minimum absolute atomic E-state index is 0.0623. The van der Waals surface area contributed by atoms with Gasteiger partial charge in [0.25, 0.3) is 0 Å². The van der Waals surface area contributed by atoms with Crippen molar-refractivity contribution in [3.8, 4) is 16.9 Å². The van der Waals surface area contributed by atoms with Crippen molar-refractivity contribution in [1.82, 2.24) is 14.9 Å². The molecule has 32 heavy (non-hydrogen) atoms. The number of carboxylic acid groups (broad SMARTS) is 1. The molecule has 1 unspecified atom stereocenters. The molecule has 0 spiro atoms. The van der Waals surface area contributed by atoms with Crippen molar-refractivity contribution in [2.75, 3.05) is 31.6 Å². The van der Waals surface area contributed by atoms with E-state index in [1.165, 1.54) is 0 Å². The van der Waals surface area contributed by atoms with Crippen molar-refractivity contribution >= 4 is 17.6 Å². The van der Waals surface area contributed by atoms with Crippen molar-refractivity contribution in [1.29, 1.82) is 0 Å². The summed E-state index contributed by atoms with van der Waals surface area (Å²) < 4.78 is 6.17. The summed E-state index contributed by atoms with van der Waals surface area (Å²) in [6, 6.07) is 5.69. The van der Waals surface area contributed by atoms with E-state index in [2.05, 4.69) is 20.2 Å². The largest absolute Gasteiger partial charge is 0.492 e. The first-order valence-electron chi connectivity index (χ1n) is 11.2. The molecule has 2 N–H and O–H groups in total. The fourth-order valence-electron chi connectivity index (χ4n) is 4.32. The maximum atomic E-state index is 12.2. The summed E-state index contributed by atoms with van der Waals surface area (Å²) >= 11 is 0. The first-order valence-corrected chi connectivity index (χ1v) is 11.2. The zero-order chi connectivity index (χ0) is 22.7. The van der Waals surface area contributed by atoms with Crippen LogP contribution >= 0.6 is 0 Å². The summed E-state index contributed by atoms with van der Waals surface area (Å²) in [6.45, 7) is 6.79. The van der Waals surface area contributed by atoms with Gasteiger partial charge in [0.1, 0.15) is 18.7 Å². The Labute approximate surface area is 188 Å². The van der Waals surface area contributed by atoms with Crippen LogP contribution in [0.15, 0.2) is 24.5 Å². The Bertz CT molecular complexity index is 985. The highest BCUT2D eigenvalue weighted by Gasteiger charge is 2.30. The van der Waals surface area contributed by atoms with E-state index < -0.39 is 5.97 Å². The van der Waals surface area contributed by atoms with Gasteiger partial charge in [-0.25, -0.2) is 9.97 Å². The van der Waals surface area contributed by atoms with Crippen LogP contribution in [0, 0.1) is 25.7 Å². The molecule has 8 nitrogen and oxygen atoms in total. The molecule has 1 saturated heterocycles. The molecule has 8 heteroatoms. The van der Waals surface area contributed by atoms with E-state index in [9.17, 15) is 9.59 Å². The van der Waals surface area contributed by atoms with Crippen molar-refractivity contribution in [3.63, 3.8) is 0 Å². The van der Waals surface area contributed by atoms with E-state index in [-0.39, 0.29) is 24.2 Å². The number of amides is 1.